The molecule has 2 aliphatic rings. The number of ether oxygens (including phenoxy) is 7. The maximum atomic E-state index is 16.1. The van der Waals surface area contributed by atoms with E-state index in [9.17, 15) is 38.8 Å². The number of H-pyrrole nitrogens is 1. The van der Waals surface area contributed by atoms with E-state index in [0.717, 1.165) is 33.7 Å². The molecule has 95 heavy (non-hydrogen) atoms. The van der Waals surface area contributed by atoms with Crippen molar-refractivity contribution in [2.75, 3.05) is 34.0 Å². The first-order valence-corrected chi connectivity index (χ1v) is 34.6. The van der Waals surface area contributed by atoms with Gasteiger partial charge in [0.2, 0.25) is 0 Å². The summed E-state index contributed by atoms with van der Waals surface area (Å²) >= 11 is 0. The van der Waals surface area contributed by atoms with Gasteiger partial charge in [-0.2, -0.15) is 9.83 Å². The number of rotatable bonds is 25. The minimum atomic E-state index is -5.32. The molecule has 2 saturated heterocycles. The van der Waals surface area contributed by atoms with Crippen molar-refractivity contribution in [3.05, 3.63) is 269 Å². The van der Waals surface area contributed by atoms with Crippen LogP contribution in [0.3, 0.4) is 0 Å². The van der Waals surface area contributed by atoms with Gasteiger partial charge < -0.3 is 37.6 Å². The fraction of sp³-hybridized carbons (Fsp3) is 0.304. The van der Waals surface area contributed by atoms with Crippen molar-refractivity contribution in [2.24, 2.45) is 0 Å². The van der Waals surface area contributed by atoms with Crippen LogP contribution >= 0.6 is 7.82 Å². The van der Waals surface area contributed by atoms with Gasteiger partial charge in [0, 0.05) is 30.1 Å². The van der Waals surface area contributed by atoms with Crippen LogP contribution in [0, 0.1) is 11.3 Å². The van der Waals surface area contributed by atoms with E-state index in [-0.39, 0.29) is 29.7 Å². The number of phosphoric acid groups is 1. The summed E-state index contributed by atoms with van der Waals surface area (Å²) in [7, 11) is -5.33. The third-order valence-corrected chi connectivity index (χ3v) is 22.6. The van der Waals surface area contributed by atoms with Crippen LogP contribution in [-0.4, -0.2) is 116 Å². The SMILES string of the molecule is COc1ccc(C(OC[C@H]2O[C@@H](n3ccc(=O)[nH]c3=O)[C@H](OP(=O)(OCCC#N)OC[C@H]3O[C@@H](n4ccc(=O)n(C(=O)c5ccccc5)c4=O)[C@H](OC(=O)c4ccccc4)[C@@H]3OC(=O)c3ccccc3)[C@@H]2O[Si](C)(C)C(C)(C)C)(c2ccccc2)c2ccc(OC)cc2)cc1. The third kappa shape index (κ3) is 15.1. The Balaban J connectivity index is 1.09. The number of nitriles is 1. The predicted molar refractivity (Wildman–Crippen MR) is 347 cm³/mol. The number of benzene rings is 6. The molecule has 2 fully saturated rings. The zero-order valence-electron chi connectivity index (χ0n) is 52.9. The van der Waals surface area contributed by atoms with Gasteiger partial charge in [-0.05, 0) is 95.5 Å². The summed E-state index contributed by atoms with van der Waals surface area (Å²) in [5.74, 6) is -1.87. The van der Waals surface area contributed by atoms with E-state index >= 15 is 4.57 Å². The lowest BCUT2D eigenvalue weighted by atomic mass is 9.80. The molecule has 2 aliphatic heterocycles. The summed E-state index contributed by atoms with van der Waals surface area (Å²) in [6.45, 7) is 7.92. The van der Waals surface area contributed by atoms with Crippen LogP contribution in [0.5, 0.6) is 11.5 Å². The van der Waals surface area contributed by atoms with Crippen LogP contribution in [0.25, 0.3) is 0 Å². The van der Waals surface area contributed by atoms with E-state index < -0.39 is 129 Å². The summed E-state index contributed by atoms with van der Waals surface area (Å²) in [6.07, 6.45) is -11.4. The summed E-state index contributed by atoms with van der Waals surface area (Å²) in [5, 5.41) is 9.33. The summed E-state index contributed by atoms with van der Waals surface area (Å²) in [4.78, 5) is 100. The number of aromatic amines is 1. The maximum Gasteiger partial charge on any atom is 0.475 e. The Bertz CT molecular complexity index is 4280. The summed E-state index contributed by atoms with van der Waals surface area (Å²) in [5.41, 5.74) is -3.51. The van der Waals surface area contributed by atoms with E-state index in [1.807, 2.05) is 94.5 Å². The van der Waals surface area contributed by atoms with Gasteiger partial charge >= 0.3 is 31.1 Å². The molecule has 8 aromatic rings. The van der Waals surface area contributed by atoms with E-state index in [0.29, 0.717) is 32.8 Å². The van der Waals surface area contributed by atoms with Crippen molar-refractivity contribution in [3.63, 3.8) is 0 Å². The molecule has 10 rings (SSSR count). The number of hydrogen-bond donors (Lipinski definition) is 1. The van der Waals surface area contributed by atoms with E-state index in [4.69, 9.17) is 51.2 Å². The van der Waals surface area contributed by atoms with E-state index in [1.165, 1.54) is 48.5 Å². The Hall–Kier alpha value is -9.45. The van der Waals surface area contributed by atoms with Gasteiger partial charge in [0.15, 0.2) is 33.0 Å². The fourth-order valence-electron chi connectivity index (χ4n) is 10.8. The minimum Gasteiger partial charge on any atom is -0.497 e. The van der Waals surface area contributed by atoms with Crippen molar-refractivity contribution in [2.45, 2.75) is 100 Å². The Kier molecular flexibility index (Phi) is 21.2. The second-order valence-electron chi connectivity index (χ2n) is 23.7. The molecule has 2 aromatic heterocycles. The second kappa shape index (κ2) is 29.5. The monoisotopic (exact) mass is 1330 g/mol. The van der Waals surface area contributed by atoms with Gasteiger partial charge in [-0.25, -0.2) is 23.7 Å². The standard InChI is InChI=1S/C69H70N5O19PSi/c1-68(2,3)95(6,7)93-58-53(43-85-69(48-27-18-11-19-28-48,49-29-33-51(83-4)34-30-49)50-31-35-52(84-5)36-32-50)88-63(72-40-37-55(75)71-66(72)80)60(58)92-94(82,86-42-20-39-70)87-44-54-57(90-64(78)46-23-14-9-15-24-46)59(91-65(79)47-25-16-10-17-26-47)62(89-54)73-41-38-56(76)74(67(73)81)61(77)45-21-12-8-13-22-45/h8-19,21-38,40-41,53-54,57-60,62-63H,20,42-44H2,1-7H3,(H,71,75,80)/t53-,54-,57-,58-,59-,60-,62-,63-,94?/m1/s1. The second-order valence-corrected chi connectivity index (χ2v) is 30.1. The predicted octanol–water partition coefficient (Wildman–Crippen LogP) is 9.35. The average Bonchev–Trinajstić information content (AvgIpc) is 1.71. The first kappa shape index (κ1) is 68.4. The molecule has 494 valence electrons. The van der Waals surface area contributed by atoms with E-state index in [2.05, 4.69) is 4.98 Å². The molecule has 1 unspecified atom stereocenters. The normalized spacial score (nSPS) is 20.2. The number of carbonyl (C=O) groups is 3. The van der Waals surface area contributed by atoms with Crippen molar-refractivity contribution < 1.29 is 70.1 Å². The number of nitrogens with zero attached hydrogens (tertiary/aromatic N) is 4. The fourth-order valence-corrected chi connectivity index (χ4v) is 13.5. The van der Waals surface area contributed by atoms with Crippen molar-refractivity contribution in [3.8, 4) is 17.6 Å². The van der Waals surface area contributed by atoms with Crippen LogP contribution in [0.2, 0.25) is 18.1 Å². The molecule has 0 aliphatic carbocycles. The van der Waals surface area contributed by atoms with Crippen LogP contribution in [0.1, 0.15) is 87.4 Å². The third-order valence-electron chi connectivity index (χ3n) is 16.7. The highest BCUT2D eigenvalue weighted by molar-refractivity contribution is 7.48. The number of nitrogens with one attached hydrogen (secondary N) is 1. The van der Waals surface area contributed by atoms with Crippen LogP contribution in [0.15, 0.2) is 214 Å². The molecule has 0 bridgehead atoms. The molecule has 1 N–H and O–H groups in total. The largest absolute Gasteiger partial charge is 0.497 e. The molecule has 9 atom stereocenters. The van der Waals surface area contributed by atoms with Gasteiger partial charge in [0.1, 0.15) is 41.5 Å². The van der Waals surface area contributed by atoms with Gasteiger partial charge in [0.05, 0.1) is 57.7 Å². The highest BCUT2D eigenvalue weighted by Crippen LogP contribution is 2.56. The number of aromatic nitrogens is 4. The topological polar surface area (TPSA) is 292 Å². The smallest absolute Gasteiger partial charge is 0.475 e. The van der Waals surface area contributed by atoms with Crippen molar-refractivity contribution in [1.29, 1.82) is 5.26 Å². The lowest BCUT2D eigenvalue weighted by Gasteiger charge is -2.41. The molecule has 0 amide bonds. The molecule has 6 aromatic carbocycles. The summed E-state index contributed by atoms with van der Waals surface area (Å²) in [6, 6.07) is 50.8. The highest BCUT2D eigenvalue weighted by Gasteiger charge is 2.57. The van der Waals surface area contributed by atoms with Gasteiger partial charge in [-0.3, -0.25) is 42.1 Å². The molecule has 26 heteroatoms. The summed E-state index contributed by atoms with van der Waals surface area (Å²) < 4.78 is 89.1. The zero-order valence-corrected chi connectivity index (χ0v) is 54.8. The lowest BCUT2D eigenvalue weighted by Crippen LogP contribution is -2.51. The number of hydrogen-bond acceptors (Lipinski definition) is 20. The van der Waals surface area contributed by atoms with Crippen molar-refractivity contribution >= 4 is 34.0 Å². The van der Waals surface area contributed by atoms with Crippen LogP contribution < -0.4 is 32.0 Å². The Labute approximate surface area is 546 Å². The molecular weight excluding hydrogens is 1260 g/mol. The van der Waals surface area contributed by atoms with Gasteiger partial charge in [-0.1, -0.05) is 130 Å². The van der Waals surface area contributed by atoms with Crippen molar-refractivity contribution in [1.82, 2.24) is 18.7 Å². The molecular formula is C69H70N5O19PSi. The van der Waals surface area contributed by atoms with Gasteiger partial charge in [-0.15, -0.1) is 0 Å². The average molecular weight is 1330 g/mol. The lowest BCUT2D eigenvalue weighted by molar-refractivity contribution is -0.0952. The van der Waals surface area contributed by atoms with E-state index in [1.54, 1.807) is 80.9 Å². The van der Waals surface area contributed by atoms with Crippen LogP contribution in [-0.2, 0) is 51.8 Å². The number of carbonyl (C=O) groups excluding carboxylic acids is 3. The Morgan fingerprint density at radius 3 is 1.59 bits per heavy atom. The minimum absolute atomic E-state index is 0.0137. The Morgan fingerprint density at radius 2 is 1.07 bits per heavy atom. The van der Waals surface area contributed by atoms with Crippen LogP contribution in [0.4, 0.5) is 0 Å². The molecule has 0 radical (unpaired) electrons. The first-order valence-electron chi connectivity index (χ1n) is 30.3. The number of phosphoric ester groups is 1. The zero-order chi connectivity index (χ0) is 67.7. The molecule has 0 spiro atoms. The highest BCUT2D eigenvalue weighted by atomic mass is 31.2. The first-order chi connectivity index (χ1) is 45.6. The maximum absolute atomic E-state index is 16.1. The molecule has 24 nitrogen and oxygen atoms in total. The molecule has 0 saturated carbocycles. The molecule has 4 heterocycles. The Morgan fingerprint density at radius 1 is 0.589 bits per heavy atom. The number of esters is 2. The van der Waals surface area contributed by atoms with Gasteiger partial charge in [0.25, 0.3) is 17.0 Å². The quantitative estimate of drug-likeness (QED) is 0.0183. The number of methoxy groups -OCH3 is 2.